The molecule has 2 aromatic heterocycles. The van der Waals surface area contributed by atoms with Gasteiger partial charge in [-0.05, 0) is 134 Å². The first-order valence-corrected chi connectivity index (χ1v) is 26.2. The molecular formula is C68H64F2N4O. The SMILES string of the molecule is CC(C)c1cc(-c2cccc(-c3cc(F)cc(F)c3)c2N2CN(c3cc(Oc4ccc5c6ccccc6n(-c6cc(C(C)(C)C)ccn6)c5c4)cc(-c4ccccc4C(C)(C)C)c3)c3ccccc32)cc(C(C)C)c1. The van der Waals surface area contributed by atoms with Crippen molar-refractivity contribution in [1.82, 2.24) is 9.55 Å². The van der Waals surface area contributed by atoms with Crippen LogP contribution in [0.5, 0.6) is 11.5 Å². The van der Waals surface area contributed by atoms with Crippen molar-refractivity contribution in [2.24, 2.45) is 0 Å². The Bertz CT molecular complexity index is 3770. The van der Waals surface area contributed by atoms with Crippen molar-refractivity contribution in [1.29, 1.82) is 0 Å². The van der Waals surface area contributed by atoms with Crippen molar-refractivity contribution < 1.29 is 13.5 Å². The fraction of sp³-hybridized carbons (Fsp3) is 0.221. The predicted octanol–water partition coefficient (Wildman–Crippen LogP) is 19.3. The second kappa shape index (κ2) is 19.0. The molecule has 3 heterocycles. The number of para-hydroxylation sites is 4. The number of hydrogen-bond acceptors (Lipinski definition) is 4. The minimum absolute atomic E-state index is 0.0602. The van der Waals surface area contributed by atoms with E-state index in [1.807, 2.05) is 18.3 Å². The van der Waals surface area contributed by atoms with Gasteiger partial charge in [0.2, 0.25) is 0 Å². The van der Waals surface area contributed by atoms with Crippen LogP contribution in [-0.4, -0.2) is 16.2 Å². The standard InChI is InChI=1S/C68H64F2N4O/c1-42(2)44-30-45(43(3)4)32-46(31-44)56-20-17-21-57(47-33-50(69)38-51(70)34-47)66(56)73-41-72(62-24-15-16-25-63(62)73)52-35-48(55-18-11-13-22-60(55)68(8,9)10)36-54(39-52)75-53-26-27-59-58-19-12-14-23-61(58)74(64(59)40-53)65-37-49(28-29-71-65)67(5,6)7/h11-40,42-43H,41H2,1-10H3. The minimum Gasteiger partial charge on any atom is -0.457 e. The van der Waals surface area contributed by atoms with Gasteiger partial charge in [-0.15, -0.1) is 0 Å². The fourth-order valence-electron chi connectivity index (χ4n) is 10.9. The molecule has 0 N–H and O–H groups in total. The Morgan fingerprint density at radius 1 is 0.493 bits per heavy atom. The maximum absolute atomic E-state index is 15.3. The first kappa shape index (κ1) is 49.2. The topological polar surface area (TPSA) is 33.5 Å². The van der Waals surface area contributed by atoms with Gasteiger partial charge in [-0.1, -0.05) is 160 Å². The zero-order chi connectivity index (χ0) is 52.5. The summed E-state index contributed by atoms with van der Waals surface area (Å²) in [5, 5.41) is 2.25. The first-order chi connectivity index (χ1) is 35.9. The third-order valence-electron chi connectivity index (χ3n) is 14.8. The Hall–Kier alpha value is -8.03. The first-order valence-electron chi connectivity index (χ1n) is 26.2. The van der Waals surface area contributed by atoms with Crippen molar-refractivity contribution in [3.63, 3.8) is 0 Å². The Morgan fingerprint density at radius 3 is 1.77 bits per heavy atom. The van der Waals surface area contributed by atoms with Crippen molar-refractivity contribution in [3.05, 3.63) is 216 Å². The van der Waals surface area contributed by atoms with E-state index in [1.165, 1.54) is 34.4 Å². The van der Waals surface area contributed by atoms with Gasteiger partial charge in [0.15, 0.2) is 0 Å². The molecule has 0 radical (unpaired) electrons. The molecule has 376 valence electrons. The monoisotopic (exact) mass is 991 g/mol. The molecule has 0 saturated carbocycles. The van der Waals surface area contributed by atoms with Gasteiger partial charge < -0.3 is 14.5 Å². The third-order valence-corrected chi connectivity index (χ3v) is 14.8. The highest BCUT2D eigenvalue weighted by Gasteiger charge is 2.33. The van der Waals surface area contributed by atoms with Crippen molar-refractivity contribution in [3.8, 4) is 50.7 Å². The lowest BCUT2D eigenvalue weighted by Crippen LogP contribution is -2.25. The molecule has 0 unspecified atom stereocenters. The van der Waals surface area contributed by atoms with Gasteiger partial charge in [0, 0.05) is 52.0 Å². The third kappa shape index (κ3) is 9.34. The summed E-state index contributed by atoms with van der Waals surface area (Å²) in [7, 11) is 0. The summed E-state index contributed by atoms with van der Waals surface area (Å²) < 4.78 is 40.0. The summed E-state index contributed by atoms with van der Waals surface area (Å²) in [4.78, 5) is 9.58. The van der Waals surface area contributed by atoms with Crippen LogP contribution in [-0.2, 0) is 10.8 Å². The average molecular weight is 991 g/mol. The maximum atomic E-state index is 15.3. The van der Waals surface area contributed by atoms with Crippen LogP contribution in [0.15, 0.2) is 182 Å². The highest BCUT2D eigenvalue weighted by molar-refractivity contribution is 6.09. The van der Waals surface area contributed by atoms with Crippen LogP contribution in [0.2, 0.25) is 0 Å². The molecule has 1 aliphatic rings. The summed E-state index contributed by atoms with van der Waals surface area (Å²) in [5.41, 5.74) is 15.9. The van der Waals surface area contributed by atoms with Crippen LogP contribution in [0, 0.1) is 11.6 Å². The number of rotatable bonds is 10. The lowest BCUT2D eigenvalue weighted by molar-refractivity contribution is 0.483. The number of pyridine rings is 1. The number of fused-ring (bicyclic) bond motifs is 4. The van der Waals surface area contributed by atoms with E-state index >= 15 is 8.78 Å². The zero-order valence-corrected chi connectivity index (χ0v) is 44.6. The average Bonchev–Trinajstić information content (AvgIpc) is 3.94. The number of hydrogen-bond donors (Lipinski definition) is 0. The van der Waals surface area contributed by atoms with Crippen LogP contribution in [0.4, 0.5) is 31.5 Å². The van der Waals surface area contributed by atoms with Gasteiger partial charge in [0.05, 0.1) is 28.1 Å². The van der Waals surface area contributed by atoms with Crippen LogP contribution >= 0.6 is 0 Å². The number of nitrogens with zero attached hydrogens (tertiary/aromatic N) is 4. The van der Waals surface area contributed by atoms with Gasteiger partial charge >= 0.3 is 0 Å². The molecule has 1 aliphatic heterocycles. The highest BCUT2D eigenvalue weighted by Crippen LogP contribution is 2.52. The Kier molecular flexibility index (Phi) is 12.5. The minimum atomic E-state index is -0.624. The van der Waals surface area contributed by atoms with Crippen LogP contribution in [0.25, 0.3) is 61.0 Å². The summed E-state index contributed by atoms with van der Waals surface area (Å²) in [6, 6.07) is 59.6. The predicted molar refractivity (Wildman–Crippen MR) is 309 cm³/mol. The van der Waals surface area contributed by atoms with Gasteiger partial charge in [-0.3, -0.25) is 4.57 Å². The van der Waals surface area contributed by atoms with E-state index in [9.17, 15) is 0 Å². The Morgan fingerprint density at radius 2 is 1.09 bits per heavy atom. The fourth-order valence-corrected chi connectivity index (χ4v) is 10.9. The molecule has 0 amide bonds. The molecule has 0 spiro atoms. The zero-order valence-electron chi connectivity index (χ0n) is 44.6. The van der Waals surface area contributed by atoms with Gasteiger partial charge in [-0.2, -0.15) is 0 Å². The lowest BCUT2D eigenvalue weighted by atomic mass is 9.82. The molecule has 10 aromatic rings. The van der Waals surface area contributed by atoms with Gasteiger partial charge in [0.25, 0.3) is 0 Å². The summed E-state index contributed by atoms with van der Waals surface area (Å²) in [5.74, 6) is 1.55. The molecule has 8 aromatic carbocycles. The Balaban J connectivity index is 1.09. The molecule has 0 bridgehead atoms. The van der Waals surface area contributed by atoms with E-state index in [-0.39, 0.29) is 22.7 Å². The summed E-state index contributed by atoms with van der Waals surface area (Å²) in [6.45, 7) is 22.7. The number of benzene rings is 8. The molecule has 0 fully saturated rings. The summed E-state index contributed by atoms with van der Waals surface area (Å²) >= 11 is 0. The second-order valence-corrected chi connectivity index (χ2v) is 22.8. The highest BCUT2D eigenvalue weighted by atomic mass is 19.1. The van der Waals surface area contributed by atoms with Crippen LogP contribution in [0.1, 0.15) is 103 Å². The normalized spacial score (nSPS) is 12.9. The van der Waals surface area contributed by atoms with Crippen molar-refractivity contribution in [2.45, 2.75) is 91.9 Å². The van der Waals surface area contributed by atoms with E-state index in [1.54, 1.807) is 0 Å². The van der Waals surface area contributed by atoms with E-state index in [0.717, 1.165) is 84.3 Å². The van der Waals surface area contributed by atoms with Crippen LogP contribution < -0.4 is 14.5 Å². The number of aromatic nitrogens is 2. The number of halogens is 2. The smallest absolute Gasteiger partial charge is 0.137 e. The van der Waals surface area contributed by atoms with E-state index in [0.29, 0.717) is 23.7 Å². The quantitative estimate of drug-likeness (QED) is 0.137. The molecular weight excluding hydrogens is 927 g/mol. The van der Waals surface area contributed by atoms with Crippen molar-refractivity contribution >= 4 is 44.6 Å². The lowest BCUT2D eigenvalue weighted by Gasteiger charge is -2.28. The van der Waals surface area contributed by atoms with Crippen molar-refractivity contribution in [2.75, 3.05) is 16.5 Å². The molecule has 0 atom stereocenters. The number of anilines is 4. The van der Waals surface area contributed by atoms with E-state index in [4.69, 9.17) is 9.72 Å². The molecule has 0 aliphatic carbocycles. The van der Waals surface area contributed by atoms with Gasteiger partial charge in [0.1, 0.15) is 35.6 Å². The maximum Gasteiger partial charge on any atom is 0.137 e. The van der Waals surface area contributed by atoms with Gasteiger partial charge in [-0.25, -0.2) is 13.8 Å². The molecule has 11 rings (SSSR count). The number of ether oxygens (including phenoxy) is 1. The van der Waals surface area contributed by atoms with E-state index in [2.05, 4.69) is 229 Å². The second-order valence-electron chi connectivity index (χ2n) is 22.8. The Labute approximate surface area is 440 Å². The van der Waals surface area contributed by atoms with Crippen LogP contribution in [0.3, 0.4) is 0 Å². The largest absolute Gasteiger partial charge is 0.457 e. The molecule has 7 heteroatoms. The summed E-state index contributed by atoms with van der Waals surface area (Å²) in [6.07, 6.45) is 1.91. The van der Waals surface area contributed by atoms with E-state index < -0.39 is 11.6 Å². The molecule has 0 saturated heterocycles. The molecule has 5 nitrogen and oxygen atoms in total. The molecule has 75 heavy (non-hydrogen) atoms.